The molecule has 4 rings (SSSR count). The lowest BCUT2D eigenvalue weighted by atomic mass is 10.1. The molecule has 0 fully saturated rings. The lowest BCUT2D eigenvalue weighted by molar-refractivity contribution is -0.384. The average molecular weight is 637 g/mol. The molecule has 4 aromatic rings. The van der Waals surface area contributed by atoms with Gasteiger partial charge >= 0.3 is 12.2 Å². The van der Waals surface area contributed by atoms with E-state index in [1.807, 2.05) is 65.4 Å². The highest BCUT2D eigenvalue weighted by Crippen LogP contribution is 2.20. The minimum atomic E-state index is -0.912. The number of nitrogens with one attached hydrogen (secondary N) is 2. The van der Waals surface area contributed by atoms with E-state index in [1.54, 1.807) is 4.90 Å². The maximum Gasteiger partial charge on any atom is 0.413 e. The van der Waals surface area contributed by atoms with E-state index in [0.29, 0.717) is 38.9 Å². The van der Waals surface area contributed by atoms with E-state index in [2.05, 4.69) is 10.6 Å². The summed E-state index contributed by atoms with van der Waals surface area (Å²) in [6.07, 6.45) is -0.0465. The number of rotatable bonds is 15. The Hall–Kier alpha value is -4.75. The van der Waals surface area contributed by atoms with Crippen molar-refractivity contribution < 1.29 is 28.8 Å². The first-order valence-electron chi connectivity index (χ1n) is 13.9. The molecule has 1 atom stereocenters. The van der Waals surface area contributed by atoms with Crippen molar-refractivity contribution in [3.63, 3.8) is 0 Å². The summed E-state index contributed by atoms with van der Waals surface area (Å²) in [5.74, 6) is -0.172. The summed E-state index contributed by atoms with van der Waals surface area (Å²) in [5, 5.41) is 20.2. The first-order valence-corrected chi connectivity index (χ1v) is 15.6. The third kappa shape index (κ3) is 10.5. The van der Waals surface area contributed by atoms with E-state index < -0.39 is 23.2 Å². The molecule has 0 aliphatic carbocycles. The molecule has 2 aromatic carbocycles. The van der Waals surface area contributed by atoms with Crippen molar-refractivity contribution in [3.8, 4) is 5.75 Å². The SMILES string of the molecule is O=C(NCCCC[C@H](NC(=O)Oc1ccc([N+](=O)[O-])cc1)C(=O)N(Cc1cccs1)Cc1cccs1)OCc1ccccc1. The second-order valence-electron chi connectivity index (χ2n) is 9.67. The van der Waals surface area contributed by atoms with Gasteiger partial charge in [0, 0.05) is 28.4 Å². The van der Waals surface area contributed by atoms with Crippen molar-refractivity contribution in [1.29, 1.82) is 0 Å². The maximum atomic E-state index is 13.9. The summed E-state index contributed by atoms with van der Waals surface area (Å²) in [5.41, 5.74) is 0.742. The number of nitrogens with zero attached hydrogens (tertiary/aromatic N) is 2. The molecular weight excluding hydrogens is 604 g/mol. The molecule has 0 spiro atoms. The second kappa shape index (κ2) is 16.8. The van der Waals surface area contributed by atoms with Crippen LogP contribution in [0.1, 0.15) is 34.6 Å². The van der Waals surface area contributed by atoms with Gasteiger partial charge in [-0.05, 0) is 59.9 Å². The quantitative estimate of drug-likeness (QED) is 0.0862. The molecule has 0 saturated carbocycles. The zero-order valence-electron chi connectivity index (χ0n) is 23.8. The van der Waals surface area contributed by atoms with Gasteiger partial charge in [-0.15, -0.1) is 22.7 Å². The predicted molar refractivity (Wildman–Crippen MR) is 167 cm³/mol. The van der Waals surface area contributed by atoms with Crippen LogP contribution < -0.4 is 15.4 Å². The molecule has 0 unspecified atom stereocenters. The number of carbonyl (C=O) groups is 3. The smallest absolute Gasteiger partial charge is 0.413 e. The normalized spacial score (nSPS) is 11.3. The van der Waals surface area contributed by atoms with Gasteiger partial charge in [-0.1, -0.05) is 42.5 Å². The van der Waals surface area contributed by atoms with E-state index in [-0.39, 0.29) is 24.0 Å². The molecule has 2 heterocycles. The van der Waals surface area contributed by atoms with E-state index in [0.717, 1.165) is 15.3 Å². The number of ether oxygens (including phenoxy) is 2. The molecule has 44 heavy (non-hydrogen) atoms. The fraction of sp³-hybridized carbons (Fsp3) is 0.258. The number of benzene rings is 2. The Balaban J connectivity index is 1.36. The predicted octanol–water partition coefficient (Wildman–Crippen LogP) is 6.50. The van der Waals surface area contributed by atoms with Crippen LogP contribution in [-0.4, -0.2) is 40.5 Å². The molecular formula is C31H32N4O7S2. The maximum absolute atomic E-state index is 13.9. The van der Waals surface area contributed by atoms with Crippen molar-refractivity contribution in [3.05, 3.63) is 115 Å². The van der Waals surface area contributed by atoms with Gasteiger partial charge < -0.3 is 25.0 Å². The number of hydrogen-bond acceptors (Lipinski definition) is 9. The Morgan fingerprint density at radius 1 is 0.841 bits per heavy atom. The van der Waals surface area contributed by atoms with E-state index in [9.17, 15) is 24.5 Å². The van der Waals surface area contributed by atoms with E-state index in [4.69, 9.17) is 9.47 Å². The molecule has 0 aliphatic heterocycles. The number of unbranched alkanes of at least 4 members (excludes halogenated alkanes) is 1. The zero-order valence-corrected chi connectivity index (χ0v) is 25.4. The summed E-state index contributed by atoms with van der Waals surface area (Å²) >= 11 is 3.08. The van der Waals surface area contributed by atoms with Crippen LogP contribution in [0, 0.1) is 10.1 Å². The van der Waals surface area contributed by atoms with Crippen LogP contribution in [0.25, 0.3) is 0 Å². The largest absolute Gasteiger partial charge is 0.445 e. The number of carbonyl (C=O) groups excluding carboxylic acids is 3. The Morgan fingerprint density at radius 3 is 2.09 bits per heavy atom. The number of nitro groups is 1. The molecule has 0 radical (unpaired) electrons. The van der Waals surface area contributed by atoms with Crippen molar-refractivity contribution in [2.24, 2.45) is 0 Å². The summed E-state index contributed by atoms with van der Waals surface area (Å²) in [7, 11) is 0. The van der Waals surface area contributed by atoms with E-state index in [1.165, 1.54) is 46.9 Å². The van der Waals surface area contributed by atoms with Crippen LogP contribution in [0.15, 0.2) is 89.6 Å². The van der Waals surface area contributed by atoms with Gasteiger partial charge in [-0.25, -0.2) is 9.59 Å². The number of nitro benzene ring substituents is 1. The Bertz CT molecular complexity index is 1440. The summed E-state index contributed by atoms with van der Waals surface area (Å²) < 4.78 is 10.6. The van der Waals surface area contributed by atoms with Crippen molar-refractivity contribution in [2.75, 3.05) is 6.54 Å². The monoisotopic (exact) mass is 636 g/mol. The standard InChI is InChI=1S/C31H32N4O7S2/c36-29(34(20-26-10-6-18-43-26)21-27-11-7-19-44-27)28(33-31(38)42-25-15-13-24(14-16-25)35(39)40)12-4-5-17-32-30(37)41-22-23-8-2-1-3-9-23/h1-3,6-11,13-16,18-19,28H,4-5,12,17,20-22H2,(H,32,37)(H,33,38)/t28-/m0/s1. The third-order valence-corrected chi connectivity index (χ3v) is 8.14. The Morgan fingerprint density at radius 2 is 1.50 bits per heavy atom. The fourth-order valence-corrected chi connectivity index (χ4v) is 5.66. The third-order valence-electron chi connectivity index (χ3n) is 6.42. The van der Waals surface area contributed by atoms with Crippen LogP contribution >= 0.6 is 22.7 Å². The lowest BCUT2D eigenvalue weighted by Crippen LogP contribution is -2.48. The second-order valence-corrected chi connectivity index (χ2v) is 11.7. The molecule has 0 aliphatic rings. The molecule has 2 N–H and O–H groups in total. The van der Waals surface area contributed by atoms with Gasteiger partial charge in [-0.3, -0.25) is 14.9 Å². The number of hydrogen-bond donors (Lipinski definition) is 2. The number of non-ortho nitro benzene ring substituents is 1. The lowest BCUT2D eigenvalue weighted by Gasteiger charge is -2.27. The Labute approximate surface area is 262 Å². The first-order chi connectivity index (χ1) is 21.4. The molecule has 230 valence electrons. The molecule has 0 saturated heterocycles. The van der Waals surface area contributed by atoms with Crippen LogP contribution in [0.2, 0.25) is 0 Å². The summed E-state index contributed by atoms with van der Waals surface area (Å²) in [6.45, 7) is 1.24. The number of alkyl carbamates (subject to hydrolysis) is 1. The zero-order chi connectivity index (χ0) is 31.1. The highest BCUT2D eigenvalue weighted by molar-refractivity contribution is 7.10. The minimum Gasteiger partial charge on any atom is -0.445 e. The van der Waals surface area contributed by atoms with Gasteiger partial charge in [0.1, 0.15) is 18.4 Å². The molecule has 13 heteroatoms. The number of thiophene rings is 2. The number of amides is 3. The molecule has 2 aromatic heterocycles. The topological polar surface area (TPSA) is 140 Å². The Kier molecular flexibility index (Phi) is 12.3. The highest BCUT2D eigenvalue weighted by Gasteiger charge is 2.27. The fourth-order valence-electron chi connectivity index (χ4n) is 4.22. The van der Waals surface area contributed by atoms with Crippen LogP contribution in [0.4, 0.5) is 15.3 Å². The van der Waals surface area contributed by atoms with Gasteiger partial charge in [-0.2, -0.15) is 0 Å². The van der Waals surface area contributed by atoms with Gasteiger partial charge in [0.2, 0.25) is 5.91 Å². The van der Waals surface area contributed by atoms with Crippen LogP contribution in [0.5, 0.6) is 5.75 Å². The first kappa shape index (κ1) is 32.2. The minimum absolute atomic E-state index is 0.103. The van der Waals surface area contributed by atoms with Gasteiger partial charge in [0.25, 0.3) is 5.69 Å². The highest BCUT2D eigenvalue weighted by atomic mass is 32.1. The summed E-state index contributed by atoms with van der Waals surface area (Å²) in [6, 6.07) is 21.3. The van der Waals surface area contributed by atoms with Gasteiger partial charge in [0.05, 0.1) is 18.0 Å². The average Bonchev–Trinajstić information content (AvgIpc) is 3.74. The summed E-state index contributed by atoms with van der Waals surface area (Å²) in [4.78, 5) is 52.9. The molecule has 3 amide bonds. The van der Waals surface area contributed by atoms with E-state index >= 15 is 0 Å². The van der Waals surface area contributed by atoms with Crippen LogP contribution in [0.3, 0.4) is 0 Å². The van der Waals surface area contributed by atoms with Crippen molar-refractivity contribution >= 4 is 46.5 Å². The van der Waals surface area contributed by atoms with Crippen molar-refractivity contribution in [2.45, 2.75) is 45.0 Å². The van der Waals surface area contributed by atoms with Crippen molar-refractivity contribution in [1.82, 2.24) is 15.5 Å². The van der Waals surface area contributed by atoms with Gasteiger partial charge in [0.15, 0.2) is 0 Å². The molecule has 0 bridgehead atoms. The molecule has 11 nitrogen and oxygen atoms in total. The van der Waals surface area contributed by atoms with Crippen LogP contribution in [-0.2, 0) is 29.2 Å².